The second-order valence-electron chi connectivity index (χ2n) is 5.96. The van der Waals surface area contributed by atoms with Crippen molar-refractivity contribution >= 4 is 10.9 Å². The van der Waals surface area contributed by atoms with Crippen LogP contribution in [0.5, 0.6) is 5.75 Å². The molecule has 0 aliphatic heterocycles. The molecule has 3 nitrogen and oxygen atoms in total. The molecule has 0 spiro atoms. The Bertz CT molecular complexity index is 580. The van der Waals surface area contributed by atoms with Crippen molar-refractivity contribution in [2.75, 3.05) is 6.54 Å². The second kappa shape index (κ2) is 7.41. The van der Waals surface area contributed by atoms with Gasteiger partial charge in [-0.3, -0.25) is 0 Å². The molecule has 1 aromatic carbocycles. The highest BCUT2D eigenvalue weighted by molar-refractivity contribution is 5.84. The van der Waals surface area contributed by atoms with E-state index in [1.165, 1.54) is 0 Å². The highest BCUT2D eigenvalue weighted by Crippen LogP contribution is 2.25. The monoisotopic (exact) mass is 286 g/mol. The van der Waals surface area contributed by atoms with Crippen LogP contribution in [-0.2, 0) is 0 Å². The van der Waals surface area contributed by atoms with E-state index in [9.17, 15) is 0 Å². The normalized spacial score (nSPS) is 12.8. The minimum absolute atomic E-state index is 0.201. The molecule has 1 N–H and O–H groups in total. The number of rotatable bonds is 7. The van der Waals surface area contributed by atoms with Crippen molar-refractivity contribution in [3.8, 4) is 5.75 Å². The molecule has 114 valence electrons. The summed E-state index contributed by atoms with van der Waals surface area (Å²) in [5.41, 5.74) is 1.98. The van der Waals surface area contributed by atoms with Crippen LogP contribution in [0.1, 0.15) is 39.3 Å². The maximum absolute atomic E-state index is 6.10. The number of nitrogens with zero attached hydrogens (tertiary/aromatic N) is 1. The zero-order chi connectivity index (χ0) is 15.2. The van der Waals surface area contributed by atoms with E-state index >= 15 is 0 Å². The van der Waals surface area contributed by atoms with Crippen molar-refractivity contribution in [3.05, 3.63) is 36.0 Å². The van der Waals surface area contributed by atoms with Gasteiger partial charge in [-0.1, -0.05) is 32.0 Å². The number of nitrogens with one attached hydrogen (secondary N) is 1. The van der Waals surface area contributed by atoms with Gasteiger partial charge in [0.25, 0.3) is 0 Å². The summed E-state index contributed by atoms with van der Waals surface area (Å²) in [7, 11) is 0. The number of hydrogen-bond acceptors (Lipinski definition) is 3. The average Bonchev–Trinajstić information content (AvgIpc) is 2.44. The lowest BCUT2D eigenvalue weighted by Crippen LogP contribution is -2.25. The van der Waals surface area contributed by atoms with Gasteiger partial charge in [0.15, 0.2) is 0 Å². The quantitative estimate of drug-likeness (QED) is 0.778. The Morgan fingerprint density at radius 2 is 1.95 bits per heavy atom. The minimum Gasteiger partial charge on any atom is -0.488 e. The predicted molar refractivity (Wildman–Crippen MR) is 88.9 cm³/mol. The van der Waals surface area contributed by atoms with Crippen LogP contribution in [0, 0.1) is 6.92 Å². The molecule has 1 unspecified atom stereocenters. The number of aromatic nitrogens is 1. The summed E-state index contributed by atoms with van der Waals surface area (Å²) in [5.74, 6) is 0.889. The number of para-hydroxylation sites is 1. The van der Waals surface area contributed by atoms with E-state index in [2.05, 4.69) is 43.2 Å². The van der Waals surface area contributed by atoms with Crippen LogP contribution in [0.25, 0.3) is 10.9 Å². The number of aryl methyl sites for hydroxylation is 1. The molecule has 1 aromatic heterocycles. The Balaban J connectivity index is 1.97. The van der Waals surface area contributed by atoms with Gasteiger partial charge in [0.2, 0.25) is 0 Å². The lowest BCUT2D eigenvalue weighted by atomic mass is 10.1. The summed E-state index contributed by atoms with van der Waals surface area (Å²) >= 11 is 0. The summed E-state index contributed by atoms with van der Waals surface area (Å²) in [6.45, 7) is 9.52. The largest absolute Gasteiger partial charge is 0.488 e. The summed E-state index contributed by atoms with van der Waals surface area (Å²) in [6, 6.07) is 10.8. The van der Waals surface area contributed by atoms with Gasteiger partial charge in [0, 0.05) is 17.1 Å². The molecule has 0 saturated heterocycles. The molecule has 2 rings (SSSR count). The summed E-state index contributed by atoms with van der Waals surface area (Å²) in [6.07, 6.45) is 2.37. The van der Waals surface area contributed by atoms with Gasteiger partial charge in [-0.05, 0) is 45.4 Å². The van der Waals surface area contributed by atoms with Crippen molar-refractivity contribution in [1.29, 1.82) is 0 Å². The molecular weight excluding hydrogens is 260 g/mol. The molecule has 0 radical (unpaired) electrons. The Morgan fingerprint density at radius 3 is 2.71 bits per heavy atom. The van der Waals surface area contributed by atoms with Crippen LogP contribution in [0.15, 0.2) is 30.3 Å². The van der Waals surface area contributed by atoms with Crippen LogP contribution in [0.4, 0.5) is 0 Å². The van der Waals surface area contributed by atoms with E-state index in [1.54, 1.807) is 0 Å². The van der Waals surface area contributed by atoms with E-state index in [-0.39, 0.29) is 6.10 Å². The third-order valence-electron chi connectivity index (χ3n) is 3.49. The average molecular weight is 286 g/mol. The number of fused-ring (bicyclic) bond motifs is 1. The molecule has 0 bridgehead atoms. The van der Waals surface area contributed by atoms with Crippen LogP contribution >= 0.6 is 0 Å². The van der Waals surface area contributed by atoms with E-state index in [0.29, 0.717) is 6.04 Å². The lowest BCUT2D eigenvalue weighted by Gasteiger charge is -2.16. The third kappa shape index (κ3) is 4.71. The Labute approximate surface area is 127 Å². The Morgan fingerprint density at radius 1 is 1.14 bits per heavy atom. The highest BCUT2D eigenvalue weighted by atomic mass is 16.5. The van der Waals surface area contributed by atoms with E-state index < -0.39 is 0 Å². The number of benzene rings is 1. The first-order valence-corrected chi connectivity index (χ1v) is 7.82. The first-order valence-electron chi connectivity index (χ1n) is 7.82. The predicted octanol–water partition coefficient (Wildman–Crippen LogP) is 4.09. The van der Waals surface area contributed by atoms with Crippen molar-refractivity contribution < 1.29 is 4.74 Å². The van der Waals surface area contributed by atoms with Gasteiger partial charge < -0.3 is 10.1 Å². The lowest BCUT2D eigenvalue weighted by molar-refractivity contribution is 0.209. The fourth-order valence-electron chi connectivity index (χ4n) is 2.37. The van der Waals surface area contributed by atoms with Gasteiger partial charge in [0.1, 0.15) is 11.3 Å². The summed E-state index contributed by atoms with van der Waals surface area (Å²) in [5, 5.41) is 4.57. The highest BCUT2D eigenvalue weighted by Gasteiger charge is 2.08. The topological polar surface area (TPSA) is 34.1 Å². The number of pyridine rings is 1. The second-order valence-corrected chi connectivity index (χ2v) is 5.96. The van der Waals surface area contributed by atoms with Crippen LogP contribution in [0.3, 0.4) is 0 Å². The van der Waals surface area contributed by atoms with Gasteiger partial charge in [0.05, 0.1) is 6.10 Å². The maximum atomic E-state index is 6.10. The van der Waals surface area contributed by atoms with Crippen molar-refractivity contribution in [1.82, 2.24) is 10.3 Å². The van der Waals surface area contributed by atoms with Gasteiger partial charge in [-0.25, -0.2) is 4.98 Å². The van der Waals surface area contributed by atoms with Crippen LogP contribution in [-0.4, -0.2) is 23.7 Å². The minimum atomic E-state index is 0.201. The van der Waals surface area contributed by atoms with Crippen molar-refractivity contribution in [2.24, 2.45) is 0 Å². The van der Waals surface area contributed by atoms with E-state index in [1.807, 2.05) is 25.1 Å². The van der Waals surface area contributed by atoms with Crippen molar-refractivity contribution in [3.63, 3.8) is 0 Å². The first-order chi connectivity index (χ1) is 10.1. The van der Waals surface area contributed by atoms with E-state index in [0.717, 1.165) is 41.7 Å². The first kappa shape index (κ1) is 15.8. The fourth-order valence-corrected chi connectivity index (χ4v) is 2.37. The van der Waals surface area contributed by atoms with Gasteiger partial charge in [-0.15, -0.1) is 0 Å². The molecule has 0 amide bonds. The summed E-state index contributed by atoms with van der Waals surface area (Å²) in [4.78, 5) is 4.61. The van der Waals surface area contributed by atoms with E-state index in [4.69, 9.17) is 4.74 Å². The molecule has 1 heterocycles. The molecule has 21 heavy (non-hydrogen) atoms. The van der Waals surface area contributed by atoms with Gasteiger partial charge in [-0.2, -0.15) is 0 Å². The summed E-state index contributed by atoms with van der Waals surface area (Å²) < 4.78 is 6.10. The molecule has 2 aromatic rings. The van der Waals surface area contributed by atoms with Crippen LogP contribution < -0.4 is 10.1 Å². The third-order valence-corrected chi connectivity index (χ3v) is 3.49. The zero-order valence-corrected chi connectivity index (χ0v) is 13.5. The maximum Gasteiger partial charge on any atom is 0.145 e. The van der Waals surface area contributed by atoms with Crippen molar-refractivity contribution in [2.45, 2.75) is 52.7 Å². The molecule has 0 fully saturated rings. The molecule has 1 atom stereocenters. The molecule has 3 heteroatoms. The zero-order valence-electron chi connectivity index (χ0n) is 13.5. The number of ether oxygens (including phenoxy) is 1. The molecular formula is C18H26N2O. The fraction of sp³-hybridized carbons (Fsp3) is 0.500. The molecule has 0 aliphatic rings. The Kier molecular flexibility index (Phi) is 5.57. The number of hydrogen-bond donors (Lipinski definition) is 1. The smallest absolute Gasteiger partial charge is 0.145 e. The molecule has 0 aliphatic carbocycles. The SMILES string of the molecule is Cc1ccc2cccc(OC(C)CCCNC(C)C)c2n1. The Hall–Kier alpha value is -1.61. The van der Waals surface area contributed by atoms with Gasteiger partial charge >= 0.3 is 0 Å². The van der Waals surface area contributed by atoms with Crippen LogP contribution in [0.2, 0.25) is 0 Å². The molecule has 0 saturated carbocycles. The standard InChI is InChI=1S/C18H26N2O/c1-13(2)19-12-6-7-15(4)21-17-9-5-8-16-11-10-14(3)20-18(16)17/h5,8-11,13,15,19H,6-7,12H2,1-4H3.